The fourth-order valence-corrected chi connectivity index (χ4v) is 2.22. The summed E-state index contributed by atoms with van der Waals surface area (Å²) < 4.78 is 0. The van der Waals surface area contributed by atoms with Gasteiger partial charge in [-0.2, -0.15) is 0 Å². The lowest BCUT2D eigenvalue weighted by atomic mass is 9.94. The maximum Gasteiger partial charge on any atom is 0.0307 e. The molecule has 0 aliphatic heterocycles. The quantitative estimate of drug-likeness (QED) is 0.674. The highest BCUT2D eigenvalue weighted by molar-refractivity contribution is 5.49. The second-order valence-electron chi connectivity index (χ2n) is 4.42. The Bertz CT molecular complexity index is 557. The van der Waals surface area contributed by atoms with Gasteiger partial charge in [0.15, 0.2) is 0 Å². The van der Waals surface area contributed by atoms with E-state index >= 15 is 0 Å². The molecule has 84 valence electrons. The molecule has 0 spiro atoms. The van der Waals surface area contributed by atoms with Crippen LogP contribution < -0.4 is 0 Å². The van der Waals surface area contributed by atoms with E-state index in [1.165, 1.54) is 22.3 Å². The third-order valence-corrected chi connectivity index (χ3v) is 2.94. The van der Waals surface area contributed by atoms with Crippen LogP contribution in [0.5, 0.6) is 0 Å². The zero-order chi connectivity index (χ0) is 12.3. The van der Waals surface area contributed by atoms with Crippen LogP contribution in [0.25, 0.3) is 0 Å². The largest absolute Gasteiger partial charge is 0.115 e. The highest BCUT2D eigenvalue weighted by atomic mass is 14.1. The average Bonchev–Trinajstić information content (AvgIpc) is 2.30. The maximum absolute atomic E-state index is 5.61. The molecule has 0 saturated carbocycles. The van der Waals surface area contributed by atoms with Crippen molar-refractivity contribution in [2.45, 2.75) is 20.3 Å². The molecule has 0 heterocycles. The van der Waals surface area contributed by atoms with Crippen molar-refractivity contribution in [3.8, 4) is 12.3 Å². The minimum atomic E-state index is 0.906. The van der Waals surface area contributed by atoms with Crippen LogP contribution in [0.15, 0.2) is 42.5 Å². The summed E-state index contributed by atoms with van der Waals surface area (Å²) >= 11 is 0. The van der Waals surface area contributed by atoms with Crippen LogP contribution in [0, 0.1) is 26.2 Å². The maximum atomic E-state index is 5.61. The van der Waals surface area contributed by atoms with E-state index in [4.69, 9.17) is 6.42 Å². The molecule has 0 amide bonds. The Morgan fingerprint density at radius 2 is 1.76 bits per heavy atom. The predicted octanol–water partition coefficient (Wildman–Crippen LogP) is 3.88. The van der Waals surface area contributed by atoms with E-state index in [1.807, 2.05) is 6.07 Å². The fourth-order valence-electron chi connectivity index (χ4n) is 2.22. The molecule has 2 aromatic rings. The zero-order valence-corrected chi connectivity index (χ0v) is 10.3. The molecule has 2 rings (SSSR count). The summed E-state index contributed by atoms with van der Waals surface area (Å²) in [5, 5.41) is 0. The van der Waals surface area contributed by atoms with Crippen LogP contribution in [-0.4, -0.2) is 0 Å². The topological polar surface area (TPSA) is 0 Å². The molecule has 0 aliphatic rings. The van der Waals surface area contributed by atoms with Crippen LogP contribution in [-0.2, 0) is 6.42 Å². The predicted molar refractivity (Wildman–Crippen MR) is 73.1 cm³/mol. The summed E-state index contributed by atoms with van der Waals surface area (Å²) in [6.07, 6.45) is 6.51. The van der Waals surface area contributed by atoms with Crippen LogP contribution in [0.2, 0.25) is 0 Å². The second-order valence-corrected chi connectivity index (χ2v) is 4.42. The van der Waals surface area contributed by atoms with Crippen molar-refractivity contribution in [2.24, 2.45) is 0 Å². The first-order valence-electron chi connectivity index (χ1n) is 5.81. The average molecular weight is 220 g/mol. The number of terminal acetylenes is 1. The number of hydrogen-bond acceptors (Lipinski definition) is 0. The Labute approximate surface area is 103 Å². The van der Waals surface area contributed by atoms with Gasteiger partial charge in [0.1, 0.15) is 0 Å². The monoisotopic (exact) mass is 220 g/mol. The van der Waals surface area contributed by atoms with Crippen LogP contribution in [0.1, 0.15) is 27.8 Å². The number of hydrogen-bond donors (Lipinski definition) is 0. The van der Waals surface area contributed by atoms with Gasteiger partial charge in [0, 0.05) is 5.56 Å². The van der Waals surface area contributed by atoms with E-state index in [0.717, 1.165) is 12.0 Å². The van der Waals surface area contributed by atoms with Gasteiger partial charge in [0.05, 0.1) is 0 Å². The fraction of sp³-hybridized carbons (Fsp3) is 0.176. The molecular weight excluding hydrogens is 204 g/mol. The second kappa shape index (κ2) is 4.89. The molecule has 0 radical (unpaired) electrons. The lowest BCUT2D eigenvalue weighted by Gasteiger charge is -2.09. The van der Waals surface area contributed by atoms with Gasteiger partial charge in [-0.05, 0) is 37.0 Å². The SMILES string of the molecule is C#Cc1c(C)cc(C)cc1Cc1ccccc1. The van der Waals surface area contributed by atoms with Gasteiger partial charge < -0.3 is 0 Å². The van der Waals surface area contributed by atoms with Gasteiger partial charge in [0.25, 0.3) is 0 Å². The molecule has 0 aliphatic carbocycles. The van der Waals surface area contributed by atoms with Crippen molar-refractivity contribution < 1.29 is 0 Å². The molecule has 0 atom stereocenters. The van der Waals surface area contributed by atoms with Gasteiger partial charge in [-0.3, -0.25) is 0 Å². The molecule has 0 bridgehead atoms. The van der Waals surface area contributed by atoms with E-state index in [9.17, 15) is 0 Å². The smallest absolute Gasteiger partial charge is 0.0307 e. The first kappa shape index (κ1) is 11.5. The highest BCUT2D eigenvalue weighted by Crippen LogP contribution is 2.19. The zero-order valence-electron chi connectivity index (χ0n) is 10.3. The molecule has 0 nitrogen and oxygen atoms in total. The Hall–Kier alpha value is -2.00. The highest BCUT2D eigenvalue weighted by Gasteiger charge is 2.05. The van der Waals surface area contributed by atoms with Gasteiger partial charge in [-0.25, -0.2) is 0 Å². The number of rotatable bonds is 2. The minimum absolute atomic E-state index is 0.906. The van der Waals surface area contributed by atoms with Crippen LogP contribution >= 0.6 is 0 Å². The Balaban J connectivity index is 2.43. The van der Waals surface area contributed by atoms with Crippen molar-refractivity contribution in [1.29, 1.82) is 0 Å². The summed E-state index contributed by atoms with van der Waals surface area (Å²) in [5.74, 6) is 2.81. The third-order valence-electron chi connectivity index (χ3n) is 2.94. The summed E-state index contributed by atoms with van der Waals surface area (Å²) in [6.45, 7) is 4.19. The third kappa shape index (κ3) is 2.57. The van der Waals surface area contributed by atoms with Crippen molar-refractivity contribution >= 4 is 0 Å². The molecule has 0 heteroatoms. The van der Waals surface area contributed by atoms with Crippen molar-refractivity contribution in [3.05, 3.63) is 70.3 Å². The molecular formula is C17H16. The molecule has 0 saturated heterocycles. The number of benzene rings is 2. The lowest BCUT2D eigenvalue weighted by molar-refractivity contribution is 1.15. The Morgan fingerprint density at radius 3 is 2.41 bits per heavy atom. The molecule has 0 N–H and O–H groups in total. The number of aryl methyl sites for hydroxylation is 2. The molecule has 0 aromatic heterocycles. The van der Waals surface area contributed by atoms with Gasteiger partial charge in [-0.15, -0.1) is 6.42 Å². The summed E-state index contributed by atoms with van der Waals surface area (Å²) in [7, 11) is 0. The summed E-state index contributed by atoms with van der Waals surface area (Å²) in [5.41, 5.74) is 6.05. The minimum Gasteiger partial charge on any atom is -0.115 e. The first-order chi connectivity index (χ1) is 8.20. The standard InChI is InChI=1S/C17H16/c1-4-17-14(3)10-13(2)11-16(17)12-15-8-6-5-7-9-15/h1,5-11H,12H2,2-3H3. The van der Waals surface area contributed by atoms with Crippen molar-refractivity contribution in [1.82, 2.24) is 0 Å². The molecule has 17 heavy (non-hydrogen) atoms. The lowest BCUT2D eigenvalue weighted by Crippen LogP contribution is -1.96. The molecule has 0 fully saturated rings. The normalized spacial score (nSPS) is 9.94. The van der Waals surface area contributed by atoms with E-state index in [-0.39, 0.29) is 0 Å². The van der Waals surface area contributed by atoms with Gasteiger partial charge in [0.2, 0.25) is 0 Å². The van der Waals surface area contributed by atoms with Crippen LogP contribution in [0.4, 0.5) is 0 Å². The molecule has 2 aromatic carbocycles. The first-order valence-corrected chi connectivity index (χ1v) is 5.81. The van der Waals surface area contributed by atoms with Crippen molar-refractivity contribution in [2.75, 3.05) is 0 Å². The van der Waals surface area contributed by atoms with Gasteiger partial charge in [-0.1, -0.05) is 53.9 Å². The van der Waals surface area contributed by atoms with Gasteiger partial charge >= 0.3 is 0 Å². The Morgan fingerprint density at radius 1 is 1.06 bits per heavy atom. The van der Waals surface area contributed by atoms with E-state index in [0.29, 0.717) is 0 Å². The van der Waals surface area contributed by atoms with Crippen LogP contribution in [0.3, 0.4) is 0 Å². The summed E-state index contributed by atoms with van der Waals surface area (Å²) in [6, 6.07) is 14.8. The van der Waals surface area contributed by atoms with E-state index < -0.39 is 0 Å². The molecule has 0 unspecified atom stereocenters. The Kier molecular flexibility index (Phi) is 3.30. The van der Waals surface area contributed by atoms with E-state index in [1.54, 1.807) is 0 Å². The summed E-state index contributed by atoms with van der Waals surface area (Å²) in [4.78, 5) is 0. The van der Waals surface area contributed by atoms with Crippen molar-refractivity contribution in [3.63, 3.8) is 0 Å². The van der Waals surface area contributed by atoms with E-state index in [2.05, 4.69) is 56.2 Å².